The maximum absolute atomic E-state index is 5.82. The zero-order valence-electron chi connectivity index (χ0n) is 12.8. The van der Waals surface area contributed by atoms with E-state index in [1.165, 1.54) is 6.42 Å². The minimum Gasteiger partial charge on any atom is -0.378 e. The number of fused-ring (bicyclic) bond motifs is 1. The summed E-state index contributed by atoms with van der Waals surface area (Å²) in [5.41, 5.74) is 0.900. The minimum atomic E-state index is 0.188. The summed E-state index contributed by atoms with van der Waals surface area (Å²) < 4.78 is 7.87. The second kappa shape index (κ2) is 6.54. The van der Waals surface area contributed by atoms with Crippen molar-refractivity contribution in [2.24, 2.45) is 0 Å². The Morgan fingerprint density at radius 3 is 3.19 bits per heavy atom. The van der Waals surface area contributed by atoms with E-state index in [0.717, 1.165) is 37.3 Å². The molecule has 5 nitrogen and oxygen atoms in total. The fourth-order valence-electron chi connectivity index (χ4n) is 3.14. The standard InChI is InChI=1S/C16H24N4O/c1-3-6-14-11-13(8-10-21-14)17-12(2)16-19-18-15-7-4-5-9-20(15)16/h4-5,7,9,12-14,17H,3,6,8,10-11H2,1-2H3. The van der Waals surface area contributed by atoms with Crippen LogP contribution in [0.25, 0.3) is 5.65 Å². The molecule has 0 aromatic carbocycles. The van der Waals surface area contributed by atoms with Crippen LogP contribution >= 0.6 is 0 Å². The van der Waals surface area contributed by atoms with Crippen LogP contribution in [0.3, 0.4) is 0 Å². The van der Waals surface area contributed by atoms with E-state index in [1.807, 2.05) is 24.4 Å². The van der Waals surface area contributed by atoms with E-state index in [1.54, 1.807) is 0 Å². The average Bonchev–Trinajstić information content (AvgIpc) is 2.92. The van der Waals surface area contributed by atoms with Crippen molar-refractivity contribution in [3.05, 3.63) is 30.2 Å². The molecule has 5 heteroatoms. The van der Waals surface area contributed by atoms with Crippen molar-refractivity contribution in [1.82, 2.24) is 19.9 Å². The van der Waals surface area contributed by atoms with Gasteiger partial charge in [-0.15, -0.1) is 10.2 Å². The highest BCUT2D eigenvalue weighted by Gasteiger charge is 2.24. The van der Waals surface area contributed by atoms with Crippen LogP contribution in [0.4, 0.5) is 0 Å². The Morgan fingerprint density at radius 1 is 1.43 bits per heavy atom. The summed E-state index contributed by atoms with van der Waals surface area (Å²) in [6.07, 6.45) is 6.93. The van der Waals surface area contributed by atoms with Crippen molar-refractivity contribution in [1.29, 1.82) is 0 Å². The van der Waals surface area contributed by atoms with Gasteiger partial charge in [0.05, 0.1) is 12.1 Å². The number of rotatable bonds is 5. The number of pyridine rings is 1. The van der Waals surface area contributed by atoms with E-state index in [0.29, 0.717) is 12.1 Å². The highest BCUT2D eigenvalue weighted by atomic mass is 16.5. The maximum atomic E-state index is 5.82. The predicted octanol–water partition coefficient (Wildman–Crippen LogP) is 2.73. The molecule has 114 valence electrons. The number of hydrogen-bond donors (Lipinski definition) is 1. The quantitative estimate of drug-likeness (QED) is 0.919. The lowest BCUT2D eigenvalue weighted by atomic mass is 9.99. The summed E-state index contributed by atoms with van der Waals surface area (Å²) in [6.45, 7) is 5.23. The van der Waals surface area contributed by atoms with E-state index in [2.05, 4.69) is 33.8 Å². The van der Waals surface area contributed by atoms with E-state index >= 15 is 0 Å². The van der Waals surface area contributed by atoms with Gasteiger partial charge in [-0.3, -0.25) is 4.40 Å². The Labute approximate surface area is 125 Å². The highest BCUT2D eigenvalue weighted by Crippen LogP contribution is 2.21. The molecule has 1 N–H and O–H groups in total. The molecule has 0 radical (unpaired) electrons. The number of nitrogens with zero attached hydrogens (tertiary/aromatic N) is 3. The zero-order chi connectivity index (χ0) is 14.7. The van der Waals surface area contributed by atoms with Crippen LogP contribution in [0.2, 0.25) is 0 Å². The first-order valence-electron chi connectivity index (χ1n) is 7.95. The third-order valence-electron chi connectivity index (χ3n) is 4.19. The maximum Gasteiger partial charge on any atom is 0.160 e. The molecule has 21 heavy (non-hydrogen) atoms. The predicted molar refractivity (Wildman–Crippen MR) is 82.2 cm³/mol. The molecule has 1 aliphatic rings. The molecule has 0 amide bonds. The van der Waals surface area contributed by atoms with Gasteiger partial charge in [0.25, 0.3) is 0 Å². The molecule has 1 fully saturated rings. The van der Waals surface area contributed by atoms with E-state index < -0.39 is 0 Å². The Balaban J connectivity index is 1.67. The third kappa shape index (κ3) is 3.24. The molecule has 3 rings (SSSR count). The fourth-order valence-corrected chi connectivity index (χ4v) is 3.14. The van der Waals surface area contributed by atoms with Crippen molar-refractivity contribution >= 4 is 5.65 Å². The second-order valence-electron chi connectivity index (χ2n) is 5.88. The number of ether oxygens (including phenoxy) is 1. The van der Waals surface area contributed by atoms with Gasteiger partial charge in [-0.25, -0.2) is 0 Å². The largest absolute Gasteiger partial charge is 0.378 e. The van der Waals surface area contributed by atoms with Crippen LogP contribution in [-0.2, 0) is 4.74 Å². The highest BCUT2D eigenvalue weighted by molar-refractivity contribution is 5.37. The van der Waals surface area contributed by atoms with E-state index in [-0.39, 0.29) is 6.04 Å². The Bertz CT molecular complexity index is 580. The summed E-state index contributed by atoms with van der Waals surface area (Å²) in [5.74, 6) is 0.976. The van der Waals surface area contributed by atoms with Gasteiger partial charge in [-0.05, 0) is 38.3 Å². The van der Waals surface area contributed by atoms with Gasteiger partial charge < -0.3 is 10.1 Å². The molecule has 3 heterocycles. The number of aromatic nitrogens is 3. The molecule has 2 aromatic rings. The second-order valence-corrected chi connectivity index (χ2v) is 5.88. The third-order valence-corrected chi connectivity index (χ3v) is 4.19. The van der Waals surface area contributed by atoms with Gasteiger partial charge in [0, 0.05) is 18.8 Å². The summed E-state index contributed by atoms with van der Waals surface area (Å²) in [5, 5.41) is 12.3. The molecular weight excluding hydrogens is 264 g/mol. The van der Waals surface area contributed by atoms with Crippen LogP contribution in [0.15, 0.2) is 24.4 Å². The molecule has 3 unspecified atom stereocenters. The Morgan fingerprint density at radius 2 is 2.33 bits per heavy atom. The zero-order valence-corrected chi connectivity index (χ0v) is 12.8. The molecule has 0 spiro atoms. The Kier molecular flexibility index (Phi) is 4.51. The van der Waals surface area contributed by atoms with Gasteiger partial charge >= 0.3 is 0 Å². The minimum absolute atomic E-state index is 0.188. The van der Waals surface area contributed by atoms with Gasteiger partial charge in [-0.1, -0.05) is 19.4 Å². The van der Waals surface area contributed by atoms with Gasteiger partial charge in [0.15, 0.2) is 11.5 Å². The van der Waals surface area contributed by atoms with Gasteiger partial charge in [-0.2, -0.15) is 0 Å². The molecular formula is C16H24N4O. The van der Waals surface area contributed by atoms with Crippen molar-refractivity contribution < 1.29 is 4.74 Å². The van der Waals surface area contributed by atoms with Crippen molar-refractivity contribution in [3.8, 4) is 0 Å². The number of hydrogen-bond acceptors (Lipinski definition) is 4. The SMILES string of the molecule is CCCC1CC(NC(C)c2nnc3ccccn23)CCO1. The first-order chi connectivity index (χ1) is 10.3. The lowest BCUT2D eigenvalue weighted by molar-refractivity contribution is -0.00489. The summed E-state index contributed by atoms with van der Waals surface area (Å²) in [7, 11) is 0. The average molecular weight is 288 g/mol. The van der Waals surface area contributed by atoms with Crippen molar-refractivity contribution in [2.45, 2.75) is 57.7 Å². The normalized spacial score (nSPS) is 24.3. The van der Waals surface area contributed by atoms with E-state index in [4.69, 9.17) is 4.74 Å². The molecule has 1 aliphatic heterocycles. The van der Waals surface area contributed by atoms with Crippen LogP contribution in [0, 0.1) is 0 Å². The smallest absolute Gasteiger partial charge is 0.160 e. The molecule has 0 bridgehead atoms. The lowest BCUT2D eigenvalue weighted by Gasteiger charge is -2.31. The fraction of sp³-hybridized carbons (Fsp3) is 0.625. The van der Waals surface area contributed by atoms with Crippen LogP contribution in [0.5, 0.6) is 0 Å². The van der Waals surface area contributed by atoms with Crippen LogP contribution < -0.4 is 5.32 Å². The summed E-state index contributed by atoms with van der Waals surface area (Å²) in [6, 6.07) is 6.67. The van der Waals surface area contributed by atoms with Crippen molar-refractivity contribution in [3.63, 3.8) is 0 Å². The first kappa shape index (κ1) is 14.5. The topological polar surface area (TPSA) is 51.5 Å². The lowest BCUT2D eigenvalue weighted by Crippen LogP contribution is -2.40. The van der Waals surface area contributed by atoms with Crippen molar-refractivity contribution in [2.75, 3.05) is 6.61 Å². The first-order valence-corrected chi connectivity index (χ1v) is 7.95. The van der Waals surface area contributed by atoms with E-state index in [9.17, 15) is 0 Å². The summed E-state index contributed by atoms with van der Waals surface area (Å²) >= 11 is 0. The molecule has 2 aromatic heterocycles. The molecule has 3 atom stereocenters. The number of nitrogens with one attached hydrogen (secondary N) is 1. The van der Waals surface area contributed by atoms with Gasteiger partial charge in [0.1, 0.15) is 0 Å². The van der Waals surface area contributed by atoms with Crippen LogP contribution in [-0.4, -0.2) is 33.4 Å². The molecule has 0 saturated carbocycles. The molecule has 0 aliphatic carbocycles. The monoisotopic (exact) mass is 288 g/mol. The van der Waals surface area contributed by atoms with Gasteiger partial charge in [0.2, 0.25) is 0 Å². The Hall–Kier alpha value is -1.46. The molecule has 1 saturated heterocycles. The van der Waals surface area contributed by atoms with Crippen LogP contribution in [0.1, 0.15) is 51.4 Å². The summed E-state index contributed by atoms with van der Waals surface area (Å²) in [4.78, 5) is 0.